The molecule has 106 valence electrons. The fraction of sp³-hybridized carbons (Fsp3) is 0.300. The lowest BCUT2D eigenvalue weighted by Gasteiger charge is -2.10. The van der Waals surface area contributed by atoms with E-state index in [4.69, 9.17) is 28.3 Å². The summed E-state index contributed by atoms with van der Waals surface area (Å²) in [4.78, 5) is 11.4. The first-order chi connectivity index (χ1) is 8.75. The van der Waals surface area contributed by atoms with E-state index in [2.05, 4.69) is 5.32 Å². The van der Waals surface area contributed by atoms with Crippen molar-refractivity contribution < 1.29 is 13.2 Å². The predicted molar refractivity (Wildman–Crippen MR) is 79.5 cm³/mol. The standard InChI is InChI=1S/C10H12Cl2N2O3S2/c1-18-3-2-9(15)14-10-7(11)4-6(5-8(10)12)19(13,16)17/h4-5H,2-3H2,1H3,(H,14,15)(H2,13,16,17). The number of benzene rings is 1. The van der Waals surface area contributed by atoms with E-state index in [0.29, 0.717) is 12.2 Å². The number of anilines is 1. The summed E-state index contributed by atoms with van der Waals surface area (Å²) in [5.41, 5.74) is 0.182. The molecule has 1 amide bonds. The number of halogens is 2. The third-order valence-corrected chi connectivity index (χ3v) is 4.24. The van der Waals surface area contributed by atoms with Crippen LogP contribution in [0.5, 0.6) is 0 Å². The Morgan fingerprint density at radius 3 is 2.32 bits per heavy atom. The minimum absolute atomic E-state index is 0.0222. The van der Waals surface area contributed by atoms with Crippen molar-refractivity contribution in [2.24, 2.45) is 5.14 Å². The summed E-state index contributed by atoms with van der Waals surface area (Å²) in [5, 5.41) is 7.56. The second kappa shape index (κ2) is 6.81. The van der Waals surface area contributed by atoms with Crippen molar-refractivity contribution in [1.29, 1.82) is 0 Å². The molecule has 0 spiro atoms. The van der Waals surface area contributed by atoms with E-state index in [0.717, 1.165) is 12.1 Å². The first-order valence-corrected chi connectivity index (χ1v) is 8.76. The lowest BCUT2D eigenvalue weighted by molar-refractivity contribution is -0.115. The van der Waals surface area contributed by atoms with Crippen molar-refractivity contribution >= 4 is 56.6 Å². The first kappa shape index (κ1) is 16.6. The van der Waals surface area contributed by atoms with Gasteiger partial charge in [-0.2, -0.15) is 11.8 Å². The van der Waals surface area contributed by atoms with Crippen LogP contribution in [-0.4, -0.2) is 26.3 Å². The molecule has 0 aromatic heterocycles. The van der Waals surface area contributed by atoms with Gasteiger partial charge in [0.05, 0.1) is 20.6 Å². The van der Waals surface area contributed by atoms with Gasteiger partial charge in [-0.25, -0.2) is 13.6 Å². The summed E-state index contributed by atoms with van der Waals surface area (Å²) >= 11 is 13.3. The van der Waals surface area contributed by atoms with Crippen LogP contribution < -0.4 is 10.5 Å². The highest BCUT2D eigenvalue weighted by Gasteiger charge is 2.16. The van der Waals surface area contributed by atoms with Crippen LogP contribution >= 0.6 is 35.0 Å². The van der Waals surface area contributed by atoms with E-state index in [9.17, 15) is 13.2 Å². The average molecular weight is 343 g/mol. The monoisotopic (exact) mass is 342 g/mol. The van der Waals surface area contributed by atoms with Crippen LogP contribution in [-0.2, 0) is 14.8 Å². The fourth-order valence-electron chi connectivity index (χ4n) is 1.23. The zero-order chi connectivity index (χ0) is 14.6. The number of nitrogens with one attached hydrogen (secondary N) is 1. The molecule has 9 heteroatoms. The van der Waals surface area contributed by atoms with Crippen molar-refractivity contribution in [3.05, 3.63) is 22.2 Å². The van der Waals surface area contributed by atoms with Crippen LogP contribution in [0.2, 0.25) is 10.0 Å². The highest BCUT2D eigenvalue weighted by Crippen LogP contribution is 2.33. The van der Waals surface area contributed by atoms with Crippen molar-refractivity contribution in [3.8, 4) is 0 Å². The van der Waals surface area contributed by atoms with E-state index in [1.807, 2.05) is 6.26 Å². The number of primary sulfonamides is 1. The van der Waals surface area contributed by atoms with Crippen molar-refractivity contribution in [1.82, 2.24) is 0 Å². The maximum Gasteiger partial charge on any atom is 0.238 e. The Labute approximate surface area is 125 Å². The molecule has 1 aromatic rings. The van der Waals surface area contributed by atoms with Gasteiger partial charge in [0.25, 0.3) is 0 Å². The van der Waals surface area contributed by atoms with E-state index in [1.165, 1.54) is 11.8 Å². The second-order valence-corrected chi connectivity index (χ2v) is 6.96. The molecule has 0 fully saturated rings. The molecule has 0 bridgehead atoms. The Morgan fingerprint density at radius 1 is 1.37 bits per heavy atom. The maximum absolute atomic E-state index is 11.6. The molecule has 0 aliphatic heterocycles. The van der Waals surface area contributed by atoms with Gasteiger partial charge in [-0.1, -0.05) is 23.2 Å². The third kappa shape index (κ3) is 4.85. The summed E-state index contributed by atoms with van der Waals surface area (Å²) < 4.78 is 22.4. The van der Waals surface area contributed by atoms with Gasteiger partial charge in [-0.05, 0) is 18.4 Å². The van der Waals surface area contributed by atoms with E-state index >= 15 is 0 Å². The smallest absolute Gasteiger partial charge is 0.238 e. The molecule has 0 unspecified atom stereocenters. The fourth-order valence-corrected chi connectivity index (χ4v) is 2.89. The van der Waals surface area contributed by atoms with Crippen LogP contribution in [0, 0.1) is 0 Å². The zero-order valence-corrected chi connectivity index (χ0v) is 13.1. The number of amides is 1. The van der Waals surface area contributed by atoms with Gasteiger partial charge in [0.15, 0.2) is 0 Å². The molecule has 0 saturated carbocycles. The van der Waals surface area contributed by atoms with Gasteiger partial charge in [0, 0.05) is 12.2 Å². The van der Waals surface area contributed by atoms with Crippen LogP contribution in [0.1, 0.15) is 6.42 Å². The molecule has 0 saturated heterocycles. The number of carbonyl (C=O) groups excluding carboxylic acids is 1. The first-order valence-electron chi connectivity index (χ1n) is 5.06. The van der Waals surface area contributed by atoms with Gasteiger partial charge < -0.3 is 5.32 Å². The molecule has 0 radical (unpaired) electrons. The van der Waals surface area contributed by atoms with E-state index in [1.54, 1.807) is 0 Å². The highest BCUT2D eigenvalue weighted by atomic mass is 35.5. The van der Waals surface area contributed by atoms with Crippen molar-refractivity contribution in [3.63, 3.8) is 0 Å². The summed E-state index contributed by atoms with van der Waals surface area (Å²) in [6.07, 6.45) is 2.19. The number of sulfonamides is 1. The highest BCUT2D eigenvalue weighted by molar-refractivity contribution is 7.98. The lowest BCUT2D eigenvalue weighted by atomic mass is 10.3. The van der Waals surface area contributed by atoms with Gasteiger partial charge in [-0.3, -0.25) is 4.79 Å². The molecule has 1 rings (SSSR count). The SMILES string of the molecule is CSCCC(=O)Nc1c(Cl)cc(S(N)(=O)=O)cc1Cl. The molecule has 5 nitrogen and oxygen atoms in total. The molecule has 0 aliphatic carbocycles. The molecule has 0 heterocycles. The van der Waals surface area contributed by atoms with Gasteiger partial charge >= 0.3 is 0 Å². The summed E-state index contributed by atoms with van der Waals surface area (Å²) in [6, 6.07) is 2.29. The molecular weight excluding hydrogens is 331 g/mol. The van der Waals surface area contributed by atoms with Crippen LogP contribution in [0.25, 0.3) is 0 Å². The van der Waals surface area contributed by atoms with Gasteiger partial charge in [0.1, 0.15) is 0 Å². The van der Waals surface area contributed by atoms with Crippen LogP contribution in [0.4, 0.5) is 5.69 Å². The number of thioether (sulfide) groups is 1. The Morgan fingerprint density at radius 2 is 1.89 bits per heavy atom. The summed E-state index contributed by atoms with van der Waals surface area (Å²) in [5.74, 6) is 0.414. The van der Waals surface area contributed by atoms with Crippen molar-refractivity contribution in [2.75, 3.05) is 17.3 Å². The van der Waals surface area contributed by atoms with Gasteiger partial charge in [-0.15, -0.1) is 0 Å². The molecule has 0 aliphatic rings. The molecule has 0 atom stereocenters. The maximum atomic E-state index is 11.6. The zero-order valence-electron chi connectivity index (χ0n) is 9.94. The molecular formula is C10H12Cl2N2O3S2. The van der Waals surface area contributed by atoms with E-state index < -0.39 is 10.0 Å². The largest absolute Gasteiger partial charge is 0.324 e. The summed E-state index contributed by atoms with van der Waals surface area (Å²) in [7, 11) is -3.89. The number of rotatable bonds is 5. The molecule has 19 heavy (non-hydrogen) atoms. The van der Waals surface area contributed by atoms with E-state index in [-0.39, 0.29) is 26.5 Å². The topological polar surface area (TPSA) is 89.3 Å². The Bertz CT molecular complexity index is 567. The van der Waals surface area contributed by atoms with Crippen LogP contribution in [0.15, 0.2) is 17.0 Å². The summed E-state index contributed by atoms with van der Waals surface area (Å²) in [6.45, 7) is 0. The Kier molecular flexibility index (Phi) is 5.94. The number of hydrogen-bond acceptors (Lipinski definition) is 4. The lowest BCUT2D eigenvalue weighted by Crippen LogP contribution is -2.15. The second-order valence-electron chi connectivity index (χ2n) is 3.60. The predicted octanol–water partition coefficient (Wildman–Crippen LogP) is 2.33. The minimum Gasteiger partial charge on any atom is -0.324 e. The molecule has 1 aromatic carbocycles. The number of carbonyl (C=O) groups is 1. The van der Waals surface area contributed by atoms with Crippen molar-refractivity contribution in [2.45, 2.75) is 11.3 Å². The van der Waals surface area contributed by atoms with Gasteiger partial charge in [0.2, 0.25) is 15.9 Å². The van der Waals surface area contributed by atoms with Crippen LogP contribution in [0.3, 0.4) is 0 Å². The molecule has 3 N–H and O–H groups in total. The quantitative estimate of drug-likeness (QED) is 0.859. The Hall–Kier alpha value is -0.470. The minimum atomic E-state index is -3.89. The normalized spacial score (nSPS) is 11.4. The number of nitrogens with two attached hydrogens (primary N) is 1. The third-order valence-electron chi connectivity index (χ3n) is 2.14. The number of hydrogen-bond donors (Lipinski definition) is 2. The average Bonchev–Trinajstić information content (AvgIpc) is 2.29. The Balaban J connectivity index is 3.01.